The number of carbonyl (C=O) groups excluding carboxylic acids is 1. The van der Waals surface area contributed by atoms with Crippen LogP contribution in [0.3, 0.4) is 0 Å². The summed E-state index contributed by atoms with van der Waals surface area (Å²) in [6.07, 6.45) is 1.23. The average molecular weight is 244 g/mol. The molecule has 2 saturated heterocycles. The van der Waals surface area contributed by atoms with E-state index in [2.05, 4.69) is 11.9 Å². The van der Waals surface area contributed by atoms with Crippen LogP contribution in [0, 0.1) is 12.8 Å². The number of aryl methyl sites for hydroxylation is 1. The smallest absolute Gasteiger partial charge is 0.253 e. The molecule has 2 aliphatic rings. The van der Waals surface area contributed by atoms with Gasteiger partial charge in [-0.05, 0) is 45.0 Å². The van der Waals surface area contributed by atoms with Crippen LogP contribution in [-0.4, -0.2) is 48.4 Å². The number of fused-ring (bicyclic) bond motifs is 1. The maximum Gasteiger partial charge on any atom is 0.253 e. The Morgan fingerprint density at radius 2 is 1.94 bits per heavy atom. The zero-order valence-corrected chi connectivity index (χ0v) is 11.1. The van der Waals surface area contributed by atoms with Crippen molar-refractivity contribution < 1.29 is 4.79 Å². The van der Waals surface area contributed by atoms with E-state index >= 15 is 0 Å². The van der Waals surface area contributed by atoms with Gasteiger partial charge in [0.15, 0.2) is 0 Å². The van der Waals surface area contributed by atoms with Gasteiger partial charge < -0.3 is 9.80 Å². The Balaban J connectivity index is 1.73. The highest BCUT2D eigenvalue weighted by molar-refractivity contribution is 5.94. The first kappa shape index (κ1) is 11.7. The van der Waals surface area contributed by atoms with Gasteiger partial charge in [0.2, 0.25) is 0 Å². The molecule has 0 saturated carbocycles. The first-order valence-electron chi connectivity index (χ1n) is 6.71. The van der Waals surface area contributed by atoms with Crippen molar-refractivity contribution in [2.24, 2.45) is 5.92 Å². The van der Waals surface area contributed by atoms with Crippen LogP contribution in [-0.2, 0) is 0 Å². The predicted octanol–water partition coefficient (Wildman–Crippen LogP) is 1.77. The largest absolute Gasteiger partial charge is 0.337 e. The lowest BCUT2D eigenvalue weighted by atomic mass is 10.1. The van der Waals surface area contributed by atoms with Crippen molar-refractivity contribution in [2.45, 2.75) is 19.4 Å². The van der Waals surface area contributed by atoms with Crippen LogP contribution < -0.4 is 0 Å². The van der Waals surface area contributed by atoms with Crippen molar-refractivity contribution in [3.8, 4) is 0 Å². The first-order valence-corrected chi connectivity index (χ1v) is 6.71. The molecule has 0 spiro atoms. The van der Waals surface area contributed by atoms with Gasteiger partial charge in [0.25, 0.3) is 5.91 Å². The molecule has 0 radical (unpaired) electrons. The molecule has 0 aliphatic carbocycles. The molecule has 1 aromatic carbocycles. The summed E-state index contributed by atoms with van der Waals surface area (Å²) in [5.74, 6) is 0.877. The van der Waals surface area contributed by atoms with Crippen molar-refractivity contribution in [1.82, 2.24) is 9.80 Å². The summed E-state index contributed by atoms with van der Waals surface area (Å²) < 4.78 is 0. The fraction of sp³-hybridized carbons (Fsp3) is 0.533. The summed E-state index contributed by atoms with van der Waals surface area (Å²) >= 11 is 0. The van der Waals surface area contributed by atoms with Crippen LogP contribution >= 0.6 is 0 Å². The summed E-state index contributed by atoms with van der Waals surface area (Å²) in [5, 5.41) is 0. The van der Waals surface area contributed by atoms with E-state index in [-0.39, 0.29) is 5.91 Å². The molecule has 0 aromatic heterocycles. The fourth-order valence-electron chi connectivity index (χ4n) is 3.22. The number of hydrogen-bond acceptors (Lipinski definition) is 2. The zero-order valence-electron chi connectivity index (χ0n) is 11.1. The van der Waals surface area contributed by atoms with E-state index in [1.54, 1.807) is 0 Å². The van der Waals surface area contributed by atoms with Gasteiger partial charge in [0.1, 0.15) is 0 Å². The van der Waals surface area contributed by atoms with E-state index in [1.807, 2.05) is 36.1 Å². The summed E-state index contributed by atoms with van der Waals surface area (Å²) in [4.78, 5) is 16.8. The number of likely N-dealkylation sites (N-methyl/N-ethyl adjacent to an activating group) is 1. The van der Waals surface area contributed by atoms with Crippen LogP contribution in [0.4, 0.5) is 0 Å². The van der Waals surface area contributed by atoms with Crippen LogP contribution in [0.5, 0.6) is 0 Å². The molecule has 2 unspecified atom stereocenters. The van der Waals surface area contributed by atoms with Crippen LogP contribution in [0.15, 0.2) is 24.3 Å². The minimum Gasteiger partial charge on any atom is -0.337 e. The van der Waals surface area contributed by atoms with Crippen molar-refractivity contribution in [2.75, 3.05) is 26.7 Å². The Bertz CT molecular complexity index is 454. The van der Waals surface area contributed by atoms with E-state index in [4.69, 9.17) is 0 Å². The standard InChI is InChI=1S/C15H20N2O/c1-11-3-5-12(6-4-11)15(18)17-9-13-7-8-16(2)14(13)10-17/h3-6,13-14H,7-10H2,1-2H3. The molecule has 2 aliphatic heterocycles. The molecule has 1 aromatic rings. The highest BCUT2D eigenvalue weighted by Crippen LogP contribution is 2.30. The summed E-state index contributed by atoms with van der Waals surface area (Å²) in [6.45, 7) is 5.06. The second kappa shape index (κ2) is 4.39. The van der Waals surface area contributed by atoms with Gasteiger partial charge in [-0.1, -0.05) is 17.7 Å². The van der Waals surface area contributed by atoms with Crippen LogP contribution in [0.2, 0.25) is 0 Å². The maximum absolute atomic E-state index is 12.4. The molecule has 18 heavy (non-hydrogen) atoms. The van der Waals surface area contributed by atoms with Crippen LogP contribution in [0.25, 0.3) is 0 Å². The van der Waals surface area contributed by atoms with Gasteiger partial charge in [-0.15, -0.1) is 0 Å². The number of carbonyl (C=O) groups is 1. The van der Waals surface area contributed by atoms with Gasteiger partial charge in [0.05, 0.1) is 0 Å². The molecule has 96 valence electrons. The van der Waals surface area contributed by atoms with E-state index in [1.165, 1.54) is 18.5 Å². The molecule has 3 rings (SSSR count). The van der Waals surface area contributed by atoms with Crippen molar-refractivity contribution in [3.63, 3.8) is 0 Å². The van der Waals surface area contributed by atoms with Gasteiger partial charge in [-0.25, -0.2) is 0 Å². The number of nitrogens with zero attached hydrogens (tertiary/aromatic N) is 2. The molecule has 3 heteroatoms. The second-order valence-electron chi connectivity index (χ2n) is 5.67. The van der Waals surface area contributed by atoms with Crippen molar-refractivity contribution in [1.29, 1.82) is 0 Å². The minimum atomic E-state index is 0.192. The molecule has 1 amide bonds. The number of hydrogen-bond donors (Lipinski definition) is 0. The Kier molecular flexibility index (Phi) is 2.86. The lowest BCUT2D eigenvalue weighted by Crippen LogP contribution is -2.35. The van der Waals surface area contributed by atoms with E-state index in [9.17, 15) is 4.79 Å². The van der Waals surface area contributed by atoms with Gasteiger partial charge in [-0.3, -0.25) is 4.79 Å². The molecule has 2 atom stereocenters. The third kappa shape index (κ3) is 1.93. The molecule has 3 nitrogen and oxygen atoms in total. The topological polar surface area (TPSA) is 23.6 Å². The molecule has 0 N–H and O–H groups in total. The number of rotatable bonds is 1. The SMILES string of the molecule is Cc1ccc(C(=O)N2CC3CCN(C)C3C2)cc1. The molecule has 2 heterocycles. The maximum atomic E-state index is 12.4. The molecule has 0 bridgehead atoms. The molecular weight excluding hydrogens is 224 g/mol. The van der Waals surface area contributed by atoms with E-state index in [0.29, 0.717) is 12.0 Å². The summed E-state index contributed by atoms with van der Waals surface area (Å²) in [5.41, 5.74) is 2.02. The lowest BCUT2D eigenvalue weighted by molar-refractivity contribution is 0.0774. The fourth-order valence-corrected chi connectivity index (χ4v) is 3.22. The second-order valence-corrected chi connectivity index (χ2v) is 5.67. The molecule has 2 fully saturated rings. The Morgan fingerprint density at radius 3 is 2.61 bits per heavy atom. The van der Waals surface area contributed by atoms with Crippen LogP contribution in [0.1, 0.15) is 22.3 Å². The number of amides is 1. The van der Waals surface area contributed by atoms with E-state index in [0.717, 1.165) is 18.7 Å². The van der Waals surface area contributed by atoms with E-state index < -0.39 is 0 Å². The number of likely N-dealkylation sites (tertiary alicyclic amines) is 2. The quantitative estimate of drug-likeness (QED) is 0.751. The van der Waals surface area contributed by atoms with Gasteiger partial charge in [-0.2, -0.15) is 0 Å². The Hall–Kier alpha value is -1.35. The zero-order chi connectivity index (χ0) is 12.7. The highest BCUT2D eigenvalue weighted by atomic mass is 16.2. The average Bonchev–Trinajstić information content (AvgIpc) is 2.92. The summed E-state index contributed by atoms with van der Waals surface area (Å²) in [7, 11) is 2.17. The van der Waals surface area contributed by atoms with Gasteiger partial charge in [0, 0.05) is 24.7 Å². The first-order chi connectivity index (χ1) is 8.65. The number of benzene rings is 1. The monoisotopic (exact) mass is 244 g/mol. The Morgan fingerprint density at radius 1 is 1.22 bits per heavy atom. The normalized spacial score (nSPS) is 27.6. The Labute approximate surface area is 108 Å². The third-order valence-electron chi connectivity index (χ3n) is 4.41. The minimum absolute atomic E-state index is 0.192. The van der Waals surface area contributed by atoms with Gasteiger partial charge >= 0.3 is 0 Å². The van der Waals surface area contributed by atoms with Crippen molar-refractivity contribution in [3.05, 3.63) is 35.4 Å². The highest BCUT2D eigenvalue weighted by Gasteiger charge is 2.41. The third-order valence-corrected chi connectivity index (χ3v) is 4.41. The summed E-state index contributed by atoms with van der Waals surface area (Å²) in [6, 6.07) is 8.48. The van der Waals surface area contributed by atoms with Crippen molar-refractivity contribution >= 4 is 5.91 Å². The lowest BCUT2D eigenvalue weighted by Gasteiger charge is -2.20. The molecular formula is C15H20N2O. The predicted molar refractivity (Wildman–Crippen MR) is 71.6 cm³/mol.